The van der Waals surface area contributed by atoms with Crippen molar-refractivity contribution < 1.29 is 14.3 Å². The number of amides is 1. The smallest absolute Gasteiger partial charge is 0.305 e. The maximum absolute atomic E-state index is 12.8. The van der Waals surface area contributed by atoms with Gasteiger partial charge >= 0.3 is 5.97 Å². The van der Waals surface area contributed by atoms with E-state index in [2.05, 4.69) is 29.0 Å². The first-order valence-electron chi connectivity index (χ1n) is 8.29. The summed E-state index contributed by atoms with van der Waals surface area (Å²) in [6.45, 7) is 0.730. The van der Waals surface area contributed by atoms with Crippen molar-refractivity contribution in [2.24, 2.45) is 0 Å². The van der Waals surface area contributed by atoms with E-state index in [1.165, 1.54) is 29.0 Å². The molecule has 0 aromatic heterocycles. The molecule has 2 aliphatic rings. The Hall–Kier alpha value is -2.62. The summed E-state index contributed by atoms with van der Waals surface area (Å²) in [5.41, 5.74) is 3.25. The molecular formula is C20H19NO3. The molecule has 122 valence electrons. The summed E-state index contributed by atoms with van der Waals surface area (Å²) < 4.78 is 4.67. The molecule has 2 aromatic carbocycles. The third-order valence-corrected chi connectivity index (χ3v) is 4.92. The number of carbonyl (C=O) groups excluding carboxylic acids is 2. The summed E-state index contributed by atoms with van der Waals surface area (Å²) >= 11 is 0. The van der Waals surface area contributed by atoms with Gasteiger partial charge in [0.05, 0.1) is 13.2 Å². The van der Waals surface area contributed by atoms with Gasteiger partial charge in [0.1, 0.15) is 0 Å². The van der Waals surface area contributed by atoms with Crippen LogP contribution in [0.3, 0.4) is 0 Å². The van der Waals surface area contributed by atoms with Crippen LogP contribution in [-0.2, 0) is 14.3 Å². The molecule has 4 nitrogen and oxygen atoms in total. The maximum atomic E-state index is 12.8. The average Bonchev–Trinajstić information content (AvgIpc) is 3.35. The highest BCUT2D eigenvalue weighted by Gasteiger charge is 2.42. The number of hydrogen-bond donors (Lipinski definition) is 0. The minimum absolute atomic E-state index is 0.0513. The van der Waals surface area contributed by atoms with Crippen LogP contribution in [0.15, 0.2) is 48.0 Å². The lowest BCUT2D eigenvalue weighted by molar-refractivity contribution is -0.140. The number of methoxy groups -OCH3 is 1. The largest absolute Gasteiger partial charge is 0.469 e. The van der Waals surface area contributed by atoms with Crippen molar-refractivity contribution in [2.75, 3.05) is 13.7 Å². The second kappa shape index (κ2) is 5.78. The molecule has 1 amide bonds. The van der Waals surface area contributed by atoms with Gasteiger partial charge in [0, 0.05) is 18.5 Å². The van der Waals surface area contributed by atoms with Crippen LogP contribution in [0.5, 0.6) is 0 Å². The van der Waals surface area contributed by atoms with Gasteiger partial charge in [-0.15, -0.1) is 0 Å². The highest BCUT2D eigenvalue weighted by Crippen LogP contribution is 2.50. The monoisotopic (exact) mass is 321 g/mol. The van der Waals surface area contributed by atoms with E-state index in [9.17, 15) is 9.59 Å². The van der Waals surface area contributed by atoms with Gasteiger partial charge < -0.3 is 9.64 Å². The van der Waals surface area contributed by atoms with Crippen molar-refractivity contribution in [1.29, 1.82) is 0 Å². The number of carbonyl (C=O) groups is 2. The highest BCUT2D eigenvalue weighted by atomic mass is 16.5. The molecule has 1 atom stereocenters. The number of esters is 1. The SMILES string of the molecule is COC(=O)CCC1=CCCN(C2c3ccc4ccccc4c32)C1=O. The normalized spacial score (nSPS) is 19.0. The Bertz CT molecular complexity index is 868. The van der Waals surface area contributed by atoms with Gasteiger partial charge in [0.2, 0.25) is 5.91 Å². The van der Waals surface area contributed by atoms with Crippen LogP contribution in [-0.4, -0.2) is 30.4 Å². The van der Waals surface area contributed by atoms with Gasteiger partial charge in [-0.2, -0.15) is 0 Å². The second-order valence-corrected chi connectivity index (χ2v) is 6.28. The average molecular weight is 321 g/mol. The topological polar surface area (TPSA) is 46.6 Å². The summed E-state index contributed by atoms with van der Waals surface area (Å²) in [5, 5.41) is 2.45. The van der Waals surface area contributed by atoms with Crippen LogP contribution in [0.25, 0.3) is 10.8 Å². The van der Waals surface area contributed by atoms with E-state index in [-0.39, 0.29) is 24.3 Å². The van der Waals surface area contributed by atoms with E-state index in [0.29, 0.717) is 6.42 Å². The molecule has 1 aliphatic heterocycles. The van der Waals surface area contributed by atoms with Gasteiger partial charge in [0.25, 0.3) is 0 Å². The fourth-order valence-electron chi connectivity index (χ4n) is 3.65. The van der Waals surface area contributed by atoms with Crippen LogP contribution in [0, 0.1) is 0 Å². The zero-order valence-corrected chi connectivity index (χ0v) is 13.6. The van der Waals surface area contributed by atoms with E-state index >= 15 is 0 Å². The zero-order valence-electron chi connectivity index (χ0n) is 13.6. The van der Waals surface area contributed by atoms with Gasteiger partial charge in [-0.25, -0.2) is 0 Å². The van der Waals surface area contributed by atoms with E-state index in [1.54, 1.807) is 0 Å². The van der Waals surface area contributed by atoms with Crippen molar-refractivity contribution in [3.63, 3.8) is 0 Å². The highest BCUT2D eigenvalue weighted by molar-refractivity contribution is 5.98. The first kappa shape index (κ1) is 14.9. The molecule has 0 bridgehead atoms. The van der Waals surface area contributed by atoms with Crippen LogP contribution >= 0.6 is 0 Å². The van der Waals surface area contributed by atoms with E-state index in [4.69, 9.17) is 0 Å². The van der Waals surface area contributed by atoms with Crippen molar-refractivity contribution in [2.45, 2.75) is 25.3 Å². The Labute approximate surface area is 140 Å². The van der Waals surface area contributed by atoms with Crippen molar-refractivity contribution in [1.82, 2.24) is 4.90 Å². The lowest BCUT2D eigenvalue weighted by Crippen LogP contribution is -2.35. The summed E-state index contributed by atoms with van der Waals surface area (Å²) in [6, 6.07) is 12.6. The van der Waals surface area contributed by atoms with Gasteiger partial charge in [0.15, 0.2) is 0 Å². The van der Waals surface area contributed by atoms with Crippen molar-refractivity contribution >= 4 is 22.6 Å². The van der Waals surface area contributed by atoms with Gasteiger partial charge in [-0.1, -0.05) is 42.5 Å². The Morgan fingerprint density at radius 2 is 2.08 bits per heavy atom. The molecule has 0 spiro atoms. The Balaban J connectivity index is 1.55. The maximum Gasteiger partial charge on any atom is 0.305 e. The summed E-state index contributed by atoms with van der Waals surface area (Å²) in [5.74, 6) is -0.225. The Morgan fingerprint density at radius 1 is 1.25 bits per heavy atom. The molecule has 2 aromatic rings. The van der Waals surface area contributed by atoms with Crippen LogP contribution in [0.4, 0.5) is 0 Å². The molecule has 0 saturated heterocycles. The zero-order chi connectivity index (χ0) is 16.7. The number of benzene rings is 2. The Kier molecular flexibility index (Phi) is 3.60. The number of fused-ring (bicyclic) bond motifs is 3. The van der Waals surface area contributed by atoms with E-state index < -0.39 is 0 Å². The van der Waals surface area contributed by atoms with Crippen LogP contribution in [0.2, 0.25) is 0 Å². The molecule has 1 heterocycles. The van der Waals surface area contributed by atoms with Crippen molar-refractivity contribution in [3.05, 3.63) is 59.2 Å². The molecular weight excluding hydrogens is 302 g/mol. The van der Waals surface area contributed by atoms with Gasteiger partial charge in [-0.3, -0.25) is 9.59 Å². The van der Waals surface area contributed by atoms with Crippen LogP contribution in [0.1, 0.15) is 36.4 Å². The molecule has 0 N–H and O–H groups in total. The van der Waals surface area contributed by atoms with Crippen LogP contribution < -0.4 is 0 Å². The minimum atomic E-state index is -0.276. The molecule has 0 saturated carbocycles. The fraction of sp³-hybridized carbons (Fsp3) is 0.300. The molecule has 24 heavy (non-hydrogen) atoms. The predicted octanol–water partition coefficient (Wildman–Crippen LogP) is 3.35. The number of rotatable bonds is 4. The van der Waals surface area contributed by atoms with Crippen molar-refractivity contribution in [3.8, 4) is 0 Å². The molecule has 1 aliphatic carbocycles. The quantitative estimate of drug-likeness (QED) is 0.811. The summed E-state index contributed by atoms with van der Waals surface area (Å²) in [6.07, 6.45) is 3.51. The lowest BCUT2D eigenvalue weighted by atomic mass is 10.0. The minimum Gasteiger partial charge on any atom is -0.469 e. The molecule has 0 fully saturated rings. The second-order valence-electron chi connectivity index (χ2n) is 6.28. The molecule has 4 heteroatoms. The third-order valence-electron chi connectivity index (χ3n) is 4.92. The first-order chi connectivity index (χ1) is 11.7. The Morgan fingerprint density at radius 3 is 2.92 bits per heavy atom. The molecule has 1 unspecified atom stereocenters. The first-order valence-corrected chi connectivity index (χ1v) is 8.29. The number of hydrogen-bond acceptors (Lipinski definition) is 3. The summed E-state index contributed by atoms with van der Waals surface area (Å²) in [4.78, 5) is 26.1. The van der Waals surface area contributed by atoms with E-state index in [1.807, 2.05) is 23.1 Å². The summed E-state index contributed by atoms with van der Waals surface area (Å²) in [7, 11) is 1.37. The molecule has 0 radical (unpaired) electrons. The van der Waals surface area contributed by atoms with Gasteiger partial charge in [-0.05, 0) is 34.7 Å². The number of ether oxygens (including phenoxy) is 1. The fourth-order valence-corrected chi connectivity index (χ4v) is 3.65. The lowest BCUT2D eigenvalue weighted by Gasteiger charge is -2.27. The number of nitrogens with zero attached hydrogens (tertiary/aromatic N) is 1. The standard InChI is InChI=1S/C20H19NO3/c1-24-17(22)11-9-14-6-4-12-21(20(14)23)19-16-10-8-13-5-2-3-7-15(13)18(16)19/h2-3,5-8,10,19H,4,9,11-12H2,1H3. The van der Waals surface area contributed by atoms with E-state index in [0.717, 1.165) is 18.5 Å². The predicted molar refractivity (Wildman–Crippen MR) is 91.5 cm³/mol. The third kappa shape index (κ3) is 2.39. The molecule has 4 rings (SSSR count).